The van der Waals surface area contributed by atoms with Gasteiger partial charge in [-0.25, -0.2) is 0 Å². The molecule has 110 valence electrons. The van der Waals surface area contributed by atoms with Crippen LogP contribution in [0.25, 0.3) is 0 Å². The summed E-state index contributed by atoms with van der Waals surface area (Å²) in [5.74, 6) is -0.264. The molecule has 0 unspecified atom stereocenters. The van der Waals surface area contributed by atoms with E-state index in [9.17, 15) is 9.90 Å². The molecule has 0 aromatic heterocycles. The van der Waals surface area contributed by atoms with E-state index in [0.717, 1.165) is 31.4 Å². The number of rotatable bonds is 9. The Hall–Kier alpha value is 0.376. The molecule has 21 heavy (non-hydrogen) atoms. The van der Waals surface area contributed by atoms with E-state index in [0.29, 0.717) is 24.7 Å². The zero-order valence-electron chi connectivity index (χ0n) is 12.3. The number of carboxylic acids is 1. The normalized spacial score (nSPS) is 19.7. The molecular weight excluding hydrogens is 319 g/mol. The number of hydrogen-bond donors (Lipinski definition) is 0. The molecule has 1 aliphatic rings. The molecule has 4 nitrogen and oxygen atoms in total. The summed E-state index contributed by atoms with van der Waals surface area (Å²) in [5.41, 5.74) is -0.972. The molecule has 1 aliphatic heterocycles. The number of epoxide rings is 1. The predicted molar refractivity (Wildman–Crippen MR) is 73.7 cm³/mol. The second-order valence-electron chi connectivity index (χ2n) is 5.04. The van der Waals surface area contributed by atoms with Crippen LogP contribution in [0.5, 0.6) is 5.75 Å². The zero-order chi connectivity index (χ0) is 14.4. The molecule has 0 radical (unpaired) electrons. The Bertz CT molecular complexity index is 445. The maximum absolute atomic E-state index is 10.8. The van der Waals surface area contributed by atoms with E-state index >= 15 is 0 Å². The summed E-state index contributed by atoms with van der Waals surface area (Å²) in [6.07, 6.45) is 4.32. The molecule has 1 saturated heterocycles. The number of ether oxygens (including phenoxy) is 2. The van der Waals surface area contributed by atoms with Crippen LogP contribution in [0, 0.1) is 0 Å². The van der Waals surface area contributed by atoms with Crippen molar-refractivity contribution in [3.8, 4) is 5.75 Å². The molecule has 1 aromatic rings. The minimum absolute atomic E-state index is 0. The van der Waals surface area contributed by atoms with Gasteiger partial charge in [-0.05, 0) is 37.1 Å². The minimum atomic E-state index is -1.08. The second kappa shape index (κ2) is 9.50. The molecule has 0 spiro atoms. The van der Waals surface area contributed by atoms with Crippen LogP contribution >= 0.6 is 11.6 Å². The van der Waals surface area contributed by atoms with E-state index in [2.05, 4.69) is 0 Å². The van der Waals surface area contributed by atoms with Gasteiger partial charge in [-0.15, -0.1) is 0 Å². The van der Waals surface area contributed by atoms with E-state index in [1.807, 2.05) is 12.1 Å². The summed E-state index contributed by atoms with van der Waals surface area (Å²) >= 11 is 5.78. The number of carboxylic acid groups (broad SMARTS) is 1. The van der Waals surface area contributed by atoms with Crippen LogP contribution in [-0.4, -0.2) is 24.8 Å². The molecule has 1 heterocycles. The molecule has 0 N–H and O–H groups in total. The first-order valence-corrected chi connectivity index (χ1v) is 7.24. The monoisotopic (exact) mass is 336 g/mol. The fraction of sp³-hybridized carbons (Fsp3) is 0.533. The fourth-order valence-electron chi connectivity index (χ4n) is 2.04. The van der Waals surface area contributed by atoms with Crippen molar-refractivity contribution in [3.63, 3.8) is 0 Å². The first-order chi connectivity index (χ1) is 9.62. The summed E-state index contributed by atoms with van der Waals surface area (Å²) in [5, 5.41) is 11.5. The topological polar surface area (TPSA) is 61.9 Å². The predicted octanol–water partition coefficient (Wildman–Crippen LogP) is -0.808. The molecule has 0 aliphatic carbocycles. The van der Waals surface area contributed by atoms with Crippen LogP contribution in [0.2, 0.25) is 5.02 Å². The maximum atomic E-state index is 10.8. The van der Waals surface area contributed by atoms with E-state index < -0.39 is 11.6 Å². The minimum Gasteiger partial charge on any atom is -0.547 e. The van der Waals surface area contributed by atoms with Crippen LogP contribution in [0.15, 0.2) is 24.3 Å². The van der Waals surface area contributed by atoms with Gasteiger partial charge in [0.25, 0.3) is 0 Å². The number of carbonyl (C=O) groups excluding carboxylic acids is 1. The molecule has 1 fully saturated rings. The summed E-state index contributed by atoms with van der Waals surface area (Å²) in [6.45, 7) is 0.957. The van der Waals surface area contributed by atoms with Gasteiger partial charge in [-0.2, -0.15) is 0 Å². The van der Waals surface area contributed by atoms with Crippen LogP contribution in [0.4, 0.5) is 0 Å². The standard InChI is InChI=1S/C15H19ClO4.K/c16-12-5-7-13(8-6-12)19-10-4-2-1-3-9-15(11-20-15)14(17)18;/h5-8H,1-4,9-11H2,(H,17,18);/q;+1/p-1/t15-;/m1./s1. The van der Waals surface area contributed by atoms with Gasteiger partial charge in [0.15, 0.2) is 0 Å². The van der Waals surface area contributed by atoms with E-state index in [-0.39, 0.29) is 51.4 Å². The van der Waals surface area contributed by atoms with Gasteiger partial charge in [-0.1, -0.05) is 30.9 Å². The van der Waals surface area contributed by atoms with Gasteiger partial charge in [-0.3, -0.25) is 0 Å². The van der Waals surface area contributed by atoms with Gasteiger partial charge in [0.1, 0.15) is 11.4 Å². The number of hydrogen-bond acceptors (Lipinski definition) is 4. The Morgan fingerprint density at radius 1 is 1.24 bits per heavy atom. The molecule has 6 heteroatoms. The third-order valence-electron chi connectivity index (χ3n) is 3.42. The number of aliphatic carboxylic acids is 1. The Balaban J connectivity index is 0.00000220. The van der Waals surface area contributed by atoms with Crippen molar-refractivity contribution in [2.75, 3.05) is 13.2 Å². The second-order valence-corrected chi connectivity index (χ2v) is 5.47. The van der Waals surface area contributed by atoms with Crippen LogP contribution in [0.1, 0.15) is 32.1 Å². The van der Waals surface area contributed by atoms with Crippen LogP contribution in [-0.2, 0) is 9.53 Å². The van der Waals surface area contributed by atoms with Crippen molar-refractivity contribution in [2.24, 2.45) is 0 Å². The van der Waals surface area contributed by atoms with Crippen molar-refractivity contribution >= 4 is 17.6 Å². The molecule has 1 atom stereocenters. The Kier molecular flexibility index (Phi) is 8.79. The first kappa shape index (κ1) is 19.4. The number of unbranched alkanes of at least 4 members (excludes halogenated alkanes) is 3. The van der Waals surface area contributed by atoms with Crippen LogP contribution in [0.3, 0.4) is 0 Å². The fourth-order valence-corrected chi connectivity index (χ4v) is 2.16. The SMILES string of the molecule is O=C([O-])[C@@]1(CCCCCCOc2ccc(Cl)cc2)CO1.[K+]. The maximum Gasteiger partial charge on any atom is 1.00 e. The molecule has 0 amide bonds. The molecular formula is C15H18ClKO4. The van der Waals surface area contributed by atoms with Gasteiger partial charge < -0.3 is 19.4 Å². The summed E-state index contributed by atoms with van der Waals surface area (Å²) < 4.78 is 10.5. The molecule has 0 bridgehead atoms. The van der Waals surface area contributed by atoms with Crippen molar-refractivity contribution in [2.45, 2.75) is 37.7 Å². The van der Waals surface area contributed by atoms with Crippen molar-refractivity contribution in [3.05, 3.63) is 29.3 Å². The Morgan fingerprint density at radius 2 is 1.86 bits per heavy atom. The Morgan fingerprint density at radius 3 is 2.43 bits per heavy atom. The summed E-state index contributed by atoms with van der Waals surface area (Å²) in [6, 6.07) is 7.28. The third kappa shape index (κ3) is 6.56. The average molecular weight is 337 g/mol. The van der Waals surface area contributed by atoms with Gasteiger partial charge in [0, 0.05) is 5.02 Å². The average Bonchev–Trinajstić information content (AvgIpc) is 3.21. The summed E-state index contributed by atoms with van der Waals surface area (Å²) in [7, 11) is 0. The van der Waals surface area contributed by atoms with E-state index in [4.69, 9.17) is 21.1 Å². The number of halogens is 1. The Labute approximate surface area is 172 Å². The van der Waals surface area contributed by atoms with Crippen molar-refractivity contribution in [1.82, 2.24) is 0 Å². The van der Waals surface area contributed by atoms with Crippen LogP contribution < -0.4 is 61.2 Å². The number of carbonyl (C=O) groups is 1. The van der Waals surface area contributed by atoms with E-state index in [1.165, 1.54) is 0 Å². The van der Waals surface area contributed by atoms with Gasteiger partial charge in [0.05, 0.1) is 19.2 Å². The first-order valence-electron chi connectivity index (χ1n) is 6.86. The van der Waals surface area contributed by atoms with Gasteiger partial charge in [0.2, 0.25) is 0 Å². The van der Waals surface area contributed by atoms with Gasteiger partial charge >= 0.3 is 51.4 Å². The largest absolute Gasteiger partial charge is 1.00 e. The van der Waals surface area contributed by atoms with E-state index in [1.54, 1.807) is 12.1 Å². The smallest absolute Gasteiger partial charge is 0.547 e. The summed E-state index contributed by atoms with van der Waals surface area (Å²) in [4.78, 5) is 10.8. The molecule has 1 aromatic carbocycles. The third-order valence-corrected chi connectivity index (χ3v) is 3.67. The zero-order valence-corrected chi connectivity index (χ0v) is 16.1. The molecule has 0 saturated carbocycles. The number of benzene rings is 1. The quantitative estimate of drug-likeness (QED) is 0.336. The van der Waals surface area contributed by atoms with Crippen molar-refractivity contribution < 1.29 is 70.8 Å². The molecule has 2 rings (SSSR count). The van der Waals surface area contributed by atoms with Crippen molar-refractivity contribution in [1.29, 1.82) is 0 Å².